The van der Waals surface area contributed by atoms with E-state index in [-0.39, 0.29) is 5.92 Å². The largest absolute Gasteiger partial charge is 0.339 e. The molecule has 1 atom stereocenters. The number of halogens is 1. The molecule has 1 aromatic carbocycles. The lowest BCUT2D eigenvalue weighted by Crippen LogP contribution is -2.39. The van der Waals surface area contributed by atoms with Crippen molar-refractivity contribution in [3.8, 4) is 11.4 Å². The molecule has 2 heterocycles. The summed E-state index contributed by atoms with van der Waals surface area (Å²) in [5.41, 5.74) is 1.94. The van der Waals surface area contributed by atoms with Gasteiger partial charge in [0, 0.05) is 41.5 Å². The minimum atomic E-state index is 0.0632. The number of carbonyl (C=O) groups excluding carboxylic acids is 1. The van der Waals surface area contributed by atoms with E-state index in [1.807, 2.05) is 18.2 Å². The maximum Gasteiger partial charge on any atom is 0.226 e. The predicted octanol–water partition coefficient (Wildman–Crippen LogP) is 4.52. The molecule has 0 radical (unpaired) electrons. The second-order valence-corrected chi connectivity index (χ2v) is 7.80. The molecule has 26 heavy (non-hydrogen) atoms. The normalized spacial score (nSPS) is 21.3. The lowest BCUT2D eigenvalue weighted by molar-refractivity contribution is -0.133. The molecule has 4 rings (SSSR count). The van der Waals surface area contributed by atoms with Crippen LogP contribution in [0.4, 0.5) is 0 Å². The molecule has 5 heteroatoms. The third kappa shape index (κ3) is 3.61. The van der Waals surface area contributed by atoms with Gasteiger partial charge in [-0.3, -0.25) is 4.79 Å². The highest BCUT2D eigenvalue weighted by Gasteiger charge is 2.36. The van der Waals surface area contributed by atoms with E-state index in [9.17, 15) is 4.79 Å². The van der Waals surface area contributed by atoms with Crippen LogP contribution >= 0.6 is 11.6 Å². The minimum Gasteiger partial charge on any atom is -0.339 e. The van der Waals surface area contributed by atoms with Crippen molar-refractivity contribution in [3.63, 3.8) is 0 Å². The predicted molar refractivity (Wildman–Crippen MR) is 103 cm³/mol. The molecule has 0 spiro atoms. The zero-order valence-electron chi connectivity index (χ0n) is 14.9. The van der Waals surface area contributed by atoms with E-state index in [0.717, 1.165) is 30.5 Å². The zero-order chi connectivity index (χ0) is 17.9. The SMILES string of the molecule is O=C1C(Cc2ccc(-c3ncccn3)cc2Cl)CCN1C1CCCCC1. The quantitative estimate of drug-likeness (QED) is 0.795. The number of hydrogen-bond donors (Lipinski definition) is 0. The van der Waals surface area contributed by atoms with Crippen LogP contribution in [0.3, 0.4) is 0 Å². The molecular formula is C21H24ClN3O. The Hall–Kier alpha value is -1.94. The molecular weight excluding hydrogens is 346 g/mol. The average molecular weight is 370 g/mol. The van der Waals surface area contributed by atoms with Crippen LogP contribution in [-0.2, 0) is 11.2 Å². The summed E-state index contributed by atoms with van der Waals surface area (Å²) in [6.45, 7) is 0.904. The Morgan fingerprint density at radius 1 is 1.08 bits per heavy atom. The molecule has 1 saturated carbocycles. The van der Waals surface area contributed by atoms with E-state index in [1.165, 1.54) is 32.1 Å². The maximum atomic E-state index is 12.9. The van der Waals surface area contributed by atoms with Crippen molar-refractivity contribution in [1.82, 2.24) is 14.9 Å². The van der Waals surface area contributed by atoms with E-state index >= 15 is 0 Å². The van der Waals surface area contributed by atoms with Gasteiger partial charge in [0.25, 0.3) is 0 Å². The first-order valence-electron chi connectivity index (χ1n) is 9.58. The molecule has 1 saturated heterocycles. The number of hydrogen-bond acceptors (Lipinski definition) is 3. The fourth-order valence-electron chi connectivity index (χ4n) is 4.27. The van der Waals surface area contributed by atoms with E-state index in [1.54, 1.807) is 18.5 Å². The van der Waals surface area contributed by atoms with Crippen LogP contribution in [0.25, 0.3) is 11.4 Å². The third-order valence-electron chi connectivity index (χ3n) is 5.71. The van der Waals surface area contributed by atoms with Crippen molar-refractivity contribution in [1.29, 1.82) is 0 Å². The molecule has 2 aromatic rings. The Morgan fingerprint density at radius 2 is 1.85 bits per heavy atom. The minimum absolute atomic E-state index is 0.0632. The van der Waals surface area contributed by atoms with Gasteiger partial charge >= 0.3 is 0 Å². The Kier molecular flexibility index (Phi) is 5.21. The molecule has 4 nitrogen and oxygen atoms in total. The van der Waals surface area contributed by atoms with Crippen LogP contribution in [0.15, 0.2) is 36.7 Å². The Labute approximate surface area is 159 Å². The molecule has 1 aliphatic carbocycles. The summed E-state index contributed by atoms with van der Waals surface area (Å²) in [5.74, 6) is 1.05. The molecule has 0 bridgehead atoms. The number of aromatic nitrogens is 2. The van der Waals surface area contributed by atoms with Gasteiger partial charge in [-0.05, 0) is 43.4 Å². The Bertz CT molecular complexity index is 774. The van der Waals surface area contributed by atoms with Gasteiger partial charge in [-0.2, -0.15) is 0 Å². The first kappa shape index (κ1) is 17.5. The van der Waals surface area contributed by atoms with Gasteiger partial charge in [0.15, 0.2) is 5.82 Å². The van der Waals surface area contributed by atoms with Gasteiger partial charge in [0.2, 0.25) is 5.91 Å². The fraction of sp³-hybridized carbons (Fsp3) is 0.476. The summed E-state index contributed by atoms with van der Waals surface area (Å²) in [5, 5.41) is 0.693. The summed E-state index contributed by atoms with van der Waals surface area (Å²) >= 11 is 6.51. The molecule has 1 unspecified atom stereocenters. The van der Waals surface area contributed by atoms with Crippen LogP contribution < -0.4 is 0 Å². The van der Waals surface area contributed by atoms with E-state index in [4.69, 9.17) is 11.6 Å². The van der Waals surface area contributed by atoms with Crippen molar-refractivity contribution in [3.05, 3.63) is 47.2 Å². The number of likely N-dealkylation sites (tertiary alicyclic amines) is 1. The molecule has 0 N–H and O–H groups in total. The van der Waals surface area contributed by atoms with Crippen LogP contribution in [-0.4, -0.2) is 33.4 Å². The molecule has 2 aliphatic rings. The van der Waals surface area contributed by atoms with Gasteiger partial charge in [0.05, 0.1) is 0 Å². The van der Waals surface area contributed by atoms with Gasteiger partial charge in [-0.1, -0.05) is 43.0 Å². The van der Waals surface area contributed by atoms with E-state index < -0.39 is 0 Å². The third-order valence-corrected chi connectivity index (χ3v) is 6.06. The summed E-state index contributed by atoms with van der Waals surface area (Å²) in [4.78, 5) is 23.5. The van der Waals surface area contributed by atoms with Crippen molar-refractivity contribution < 1.29 is 4.79 Å². The van der Waals surface area contributed by atoms with Crippen LogP contribution in [0.1, 0.15) is 44.1 Å². The Morgan fingerprint density at radius 3 is 2.58 bits per heavy atom. The zero-order valence-corrected chi connectivity index (χ0v) is 15.7. The molecule has 2 fully saturated rings. The number of rotatable bonds is 4. The lowest BCUT2D eigenvalue weighted by Gasteiger charge is -2.31. The average Bonchev–Trinajstić information content (AvgIpc) is 3.05. The number of carbonyl (C=O) groups is 1. The second kappa shape index (κ2) is 7.75. The maximum absolute atomic E-state index is 12.9. The number of benzene rings is 1. The van der Waals surface area contributed by atoms with Crippen LogP contribution in [0.5, 0.6) is 0 Å². The highest BCUT2D eigenvalue weighted by Crippen LogP contribution is 2.32. The van der Waals surface area contributed by atoms with Gasteiger partial charge in [-0.15, -0.1) is 0 Å². The molecule has 1 amide bonds. The lowest BCUT2D eigenvalue weighted by atomic mass is 9.94. The highest BCUT2D eigenvalue weighted by molar-refractivity contribution is 6.31. The summed E-state index contributed by atoms with van der Waals surface area (Å²) in [6.07, 6.45) is 11.3. The monoisotopic (exact) mass is 369 g/mol. The van der Waals surface area contributed by atoms with E-state index in [0.29, 0.717) is 22.8 Å². The van der Waals surface area contributed by atoms with Crippen molar-refractivity contribution >= 4 is 17.5 Å². The highest BCUT2D eigenvalue weighted by atomic mass is 35.5. The molecule has 136 valence electrons. The topological polar surface area (TPSA) is 46.1 Å². The van der Waals surface area contributed by atoms with Crippen molar-refractivity contribution in [2.24, 2.45) is 5.92 Å². The van der Waals surface area contributed by atoms with Crippen LogP contribution in [0, 0.1) is 5.92 Å². The molecule has 1 aromatic heterocycles. The number of amides is 1. The Balaban J connectivity index is 1.45. The smallest absolute Gasteiger partial charge is 0.226 e. The number of nitrogens with zero attached hydrogens (tertiary/aromatic N) is 3. The summed E-state index contributed by atoms with van der Waals surface area (Å²) < 4.78 is 0. The molecule has 1 aliphatic heterocycles. The standard InChI is InChI=1S/C21H24ClN3O/c22-19-14-16(20-23-10-4-11-24-20)8-7-15(19)13-17-9-12-25(21(17)26)18-5-2-1-3-6-18/h4,7-8,10-11,14,17-18H,1-3,5-6,9,12-13H2. The van der Waals surface area contributed by atoms with Crippen molar-refractivity contribution in [2.45, 2.75) is 51.0 Å². The first-order valence-corrected chi connectivity index (χ1v) is 9.96. The van der Waals surface area contributed by atoms with Gasteiger partial charge in [0.1, 0.15) is 0 Å². The van der Waals surface area contributed by atoms with Crippen LogP contribution in [0.2, 0.25) is 5.02 Å². The summed E-state index contributed by atoms with van der Waals surface area (Å²) in [7, 11) is 0. The first-order chi connectivity index (χ1) is 12.7. The van der Waals surface area contributed by atoms with Crippen molar-refractivity contribution in [2.75, 3.05) is 6.54 Å². The summed E-state index contributed by atoms with van der Waals surface area (Å²) in [6, 6.07) is 8.18. The van der Waals surface area contributed by atoms with Gasteiger partial charge in [-0.25, -0.2) is 9.97 Å². The van der Waals surface area contributed by atoms with E-state index in [2.05, 4.69) is 14.9 Å². The fourth-order valence-corrected chi connectivity index (χ4v) is 4.53. The van der Waals surface area contributed by atoms with Gasteiger partial charge < -0.3 is 4.90 Å². The second-order valence-electron chi connectivity index (χ2n) is 7.39.